The van der Waals surface area contributed by atoms with Crippen LogP contribution < -0.4 is 10.6 Å². The second-order valence-corrected chi connectivity index (χ2v) is 7.69. The van der Waals surface area contributed by atoms with Crippen LogP contribution in [0.5, 0.6) is 0 Å². The Balaban J connectivity index is 1.84. The van der Waals surface area contributed by atoms with Crippen LogP contribution in [0.3, 0.4) is 0 Å². The van der Waals surface area contributed by atoms with Gasteiger partial charge in [-0.25, -0.2) is 9.79 Å². The fourth-order valence-corrected chi connectivity index (χ4v) is 2.62. The fraction of sp³-hybridized carbons (Fsp3) is 0.579. The minimum Gasteiger partial charge on any atom is -0.444 e. The van der Waals surface area contributed by atoms with Crippen molar-refractivity contribution >= 4 is 17.7 Å². The highest BCUT2D eigenvalue weighted by atomic mass is 16.6. The van der Waals surface area contributed by atoms with Gasteiger partial charge in [0.2, 0.25) is 0 Å². The van der Waals surface area contributed by atoms with E-state index in [1.807, 2.05) is 39.8 Å². The summed E-state index contributed by atoms with van der Waals surface area (Å²) in [5.74, 6) is 0.519. The van der Waals surface area contributed by atoms with Crippen molar-refractivity contribution in [2.45, 2.75) is 32.9 Å². The first-order valence-electron chi connectivity index (χ1n) is 8.95. The quantitative estimate of drug-likeness (QED) is 0.659. The molecule has 1 saturated heterocycles. The van der Waals surface area contributed by atoms with Crippen LogP contribution in [0.2, 0.25) is 0 Å². The average molecular weight is 361 g/mol. The van der Waals surface area contributed by atoms with Crippen molar-refractivity contribution in [1.82, 2.24) is 9.80 Å². The number of hydrogen-bond donors (Lipinski definition) is 1. The Morgan fingerprint density at radius 3 is 2.15 bits per heavy atom. The number of guanidine groups is 1. The Hall–Kier alpha value is -2.44. The predicted octanol–water partition coefficient (Wildman–Crippen LogP) is 2.12. The lowest BCUT2D eigenvalue weighted by Crippen LogP contribution is -2.53. The van der Waals surface area contributed by atoms with Gasteiger partial charge in [0.05, 0.1) is 6.54 Å². The number of amides is 1. The molecule has 2 rings (SSSR count). The molecule has 144 valence electrons. The lowest BCUT2D eigenvalue weighted by molar-refractivity contribution is 0.0186. The lowest BCUT2D eigenvalue weighted by Gasteiger charge is -2.36. The standard InChI is InChI=1S/C19H31N5O2/c1-19(2,3)26-18(25)24-12-10-23(11-13-24)17(20)21-14-15-6-8-16(9-7-15)22(4)5/h6-9H,10-14H2,1-5H3,(H2,20,21). The van der Waals surface area contributed by atoms with E-state index < -0.39 is 5.60 Å². The van der Waals surface area contributed by atoms with Crippen LogP contribution in [0.15, 0.2) is 29.3 Å². The first-order chi connectivity index (χ1) is 12.2. The van der Waals surface area contributed by atoms with Crippen molar-refractivity contribution in [1.29, 1.82) is 0 Å². The summed E-state index contributed by atoms with van der Waals surface area (Å²) in [5.41, 5.74) is 7.93. The number of aliphatic imine (C=N–C) groups is 1. The van der Waals surface area contributed by atoms with Crippen LogP contribution in [0, 0.1) is 0 Å². The van der Waals surface area contributed by atoms with Crippen LogP contribution in [-0.2, 0) is 11.3 Å². The summed E-state index contributed by atoms with van der Waals surface area (Å²) >= 11 is 0. The number of piperazine rings is 1. The van der Waals surface area contributed by atoms with Crippen molar-refractivity contribution in [3.05, 3.63) is 29.8 Å². The minimum atomic E-state index is -0.475. The maximum Gasteiger partial charge on any atom is 0.410 e. The molecule has 1 aromatic carbocycles. The zero-order valence-corrected chi connectivity index (χ0v) is 16.5. The number of benzene rings is 1. The van der Waals surface area contributed by atoms with Gasteiger partial charge < -0.3 is 25.2 Å². The maximum atomic E-state index is 12.1. The minimum absolute atomic E-state index is 0.270. The molecule has 1 aliphatic rings. The summed E-state index contributed by atoms with van der Waals surface area (Å²) in [5, 5.41) is 0. The van der Waals surface area contributed by atoms with Crippen LogP contribution in [0.25, 0.3) is 0 Å². The molecular weight excluding hydrogens is 330 g/mol. The Morgan fingerprint density at radius 1 is 1.12 bits per heavy atom. The number of carbonyl (C=O) groups excluding carboxylic acids is 1. The van der Waals surface area contributed by atoms with Crippen LogP contribution in [-0.4, -0.2) is 67.7 Å². The molecule has 1 aromatic rings. The molecule has 0 saturated carbocycles. The molecule has 0 aromatic heterocycles. The smallest absolute Gasteiger partial charge is 0.410 e. The van der Waals surface area contributed by atoms with Crippen molar-refractivity contribution in [2.24, 2.45) is 10.7 Å². The number of rotatable bonds is 3. The third-order valence-corrected chi connectivity index (χ3v) is 4.13. The van der Waals surface area contributed by atoms with Gasteiger partial charge >= 0.3 is 6.09 Å². The number of anilines is 1. The van der Waals surface area contributed by atoms with Crippen LogP contribution in [0.1, 0.15) is 26.3 Å². The fourth-order valence-electron chi connectivity index (χ4n) is 2.62. The molecule has 1 fully saturated rings. The number of nitrogens with zero attached hydrogens (tertiary/aromatic N) is 4. The third kappa shape index (κ3) is 5.82. The second-order valence-electron chi connectivity index (χ2n) is 7.69. The van der Waals surface area contributed by atoms with Gasteiger partial charge in [0.15, 0.2) is 5.96 Å². The van der Waals surface area contributed by atoms with Gasteiger partial charge in [-0.2, -0.15) is 0 Å². The zero-order valence-electron chi connectivity index (χ0n) is 16.5. The van der Waals surface area contributed by atoms with Crippen molar-refractivity contribution in [3.8, 4) is 0 Å². The molecule has 26 heavy (non-hydrogen) atoms. The number of carbonyl (C=O) groups is 1. The number of ether oxygens (including phenoxy) is 1. The summed E-state index contributed by atoms with van der Waals surface area (Å²) in [7, 11) is 4.03. The van der Waals surface area contributed by atoms with E-state index in [-0.39, 0.29) is 6.09 Å². The number of hydrogen-bond acceptors (Lipinski definition) is 4. The van der Waals surface area contributed by atoms with Gasteiger partial charge in [-0.05, 0) is 38.5 Å². The van der Waals surface area contributed by atoms with E-state index in [0.29, 0.717) is 38.7 Å². The summed E-state index contributed by atoms with van der Waals surface area (Å²) in [4.78, 5) is 22.4. The summed E-state index contributed by atoms with van der Waals surface area (Å²) < 4.78 is 5.41. The largest absolute Gasteiger partial charge is 0.444 e. The number of nitrogens with two attached hydrogens (primary N) is 1. The molecule has 0 unspecified atom stereocenters. The Morgan fingerprint density at radius 2 is 1.65 bits per heavy atom. The topological polar surface area (TPSA) is 74.4 Å². The van der Waals surface area contributed by atoms with Crippen LogP contribution in [0.4, 0.5) is 10.5 Å². The molecule has 7 heteroatoms. The highest BCUT2D eigenvalue weighted by molar-refractivity contribution is 5.78. The van der Waals surface area contributed by atoms with Gasteiger partial charge in [-0.3, -0.25) is 0 Å². The highest BCUT2D eigenvalue weighted by Gasteiger charge is 2.26. The normalized spacial score (nSPS) is 15.8. The Bertz CT molecular complexity index is 626. The van der Waals surface area contributed by atoms with E-state index in [2.05, 4.69) is 34.2 Å². The van der Waals surface area contributed by atoms with Crippen molar-refractivity contribution < 1.29 is 9.53 Å². The van der Waals surface area contributed by atoms with Gasteiger partial charge in [-0.1, -0.05) is 12.1 Å². The van der Waals surface area contributed by atoms with Gasteiger partial charge in [0.25, 0.3) is 0 Å². The molecule has 0 spiro atoms. The van der Waals surface area contributed by atoms with E-state index in [1.165, 1.54) is 0 Å². The second kappa shape index (κ2) is 8.29. The first kappa shape index (κ1) is 19.9. The molecule has 7 nitrogen and oxygen atoms in total. The van der Waals surface area contributed by atoms with E-state index >= 15 is 0 Å². The Kier molecular flexibility index (Phi) is 6.34. The molecule has 0 atom stereocenters. The van der Waals surface area contributed by atoms with E-state index in [0.717, 1.165) is 11.3 Å². The van der Waals surface area contributed by atoms with E-state index in [1.54, 1.807) is 4.90 Å². The van der Waals surface area contributed by atoms with Crippen molar-refractivity contribution in [3.63, 3.8) is 0 Å². The molecule has 1 heterocycles. The maximum absolute atomic E-state index is 12.1. The van der Waals surface area contributed by atoms with Gasteiger partial charge in [-0.15, -0.1) is 0 Å². The molecular formula is C19H31N5O2. The SMILES string of the molecule is CN(C)c1ccc(CN=C(N)N2CCN(C(=O)OC(C)(C)C)CC2)cc1. The Labute approximate surface area is 156 Å². The highest BCUT2D eigenvalue weighted by Crippen LogP contribution is 2.14. The third-order valence-electron chi connectivity index (χ3n) is 4.13. The first-order valence-corrected chi connectivity index (χ1v) is 8.95. The summed E-state index contributed by atoms with van der Waals surface area (Å²) in [6, 6.07) is 8.26. The predicted molar refractivity (Wildman–Crippen MR) is 105 cm³/mol. The molecule has 1 amide bonds. The van der Waals surface area contributed by atoms with Gasteiger partial charge in [0, 0.05) is 46.0 Å². The lowest BCUT2D eigenvalue weighted by atomic mass is 10.2. The molecule has 1 aliphatic heterocycles. The van der Waals surface area contributed by atoms with Crippen molar-refractivity contribution in [2.75, 3.05) is 45.2 Å². The van der Waals surface area contributed by atoms with E-state index in [4.69, 9.17) is 10.5 Å². The molecule has 0 aliphatic carbocycles. The molecule has 0 radical (unpaired) electrons. The molecule has 0 bridgehead atoms. The van der Waals surface area contributed by atoms with Gasteiger partial charge in [0.1, 0.15) is 5.60 Å². The summed E-state index contributed by atoms with van der Waals surface area (Å²) in [6.45, 7) is 8.66. The van der Waals surface area contributed by atoms with E-state index in [9.17, 15) is 4.79 Å². The zero-order chi connectivity index (χ0) is 19.3. The monoisotopic (exact) mass is 361 g/mol. The average Bonchev–Trinajstić information content (AvgIpc) is 2.58. The summed E-state index contributed by atoms with van der Waals surface area (Å²) in [6.07, 6.45) is -0.270. The molecule has 2 N–H and O–H groups in total. The van der Waals surface area contributed by atoms with Crippen LogP contribution >= 0.6 is 0 Å².